The lowest BCUT2D eigenvalue weighted by Crippen LogP contribution is -2.36. The molecular weight excluding hydrogens is 180 g/mol. The third kappa shape index (κ3) is 1.53. The van der Waals surface area contributed by atoms with E-state index < -0.39 is 0 Å². The summed E-state index contributed by atoms with van der Waals surface area (Å²) in [7, 11) is 3.43. The first-order valence-electron chi connectivity index (χ1n) is 4.61. The van der Waals surface area contributed by atoms with E-state index in [0.29, 0.717) is 0 Å². The first-order valence-corrected chi connectivity index (χ1v) is 4.61. The first-order chi connectivity index (χ1) is 6.59. The average molecular weight is 194 g/mol. The highest BCUT2D eigenvalue weighted by Gasteiger charge is 2.45. The second kappa shape index (κ2) is 3.13. The molecule has 0 aromatic carbocycles. The van der Waals surface area contributed by atoms with Gasteiger partial charge in [0.15, 0.2) is 0 Å². The molecule has 2 rings (SSSR count). The van der Waals surface area contributed by atoms with Gasteiger partial charge in [-0.25, -0.2) is 4.79 Å². The highest BCUT2D eigenvalue weighted by Crippen LogP contribution is 2.36. The summed E-state index contributed by atoms with van der Waals surface area (Å²) >= 11 is 0. The Hall–Kier alpha value is -1.29. The molecule has 0 aromatic rings. The molecular formula is C10H14N2O2. The van der Waals surface area contributed by atoms with Crippen LogP contribution in [0.5, 0.6) is 0 Å². The quantitative estimate of drug-likeness (QED) is 0.629. The molecule has 1 heterocycles. The fourth-order valence-electron chi connectivity index (χ4n) is 1.45. The van der Waals surface area contributed by atoms with E-state index in [0.717, 1.165) is 5.70 Å². The molecule has 0 saturated carbocycles. The molecule has 1 saturated heterocycles. The van der Waals surface area contributed by atoms with Gasteiger partial charge < -0.3 is 15.0 Å². The number of urea groups is 1. The van der Waals surface area contributed by atoms with Crippen LogP contribution in [0, 0.1) is 0 Å². The number of epoxide rings is 1. The fraction of sp³-hybridized carbons (Fsp3) is 0.500. The lowest BCUT2D eigenvalue weighted by atomic mass is 10.0. The van der Waals surface area contributed by atoms with Crippen LogP contribution in [0.25, 0.3) is 0 Å². The van der Waals surface area contributed by atoms with Crippen molar-refractivity contribution in [3.8, 4) is 0 Å². The molecule has 0 bridgehead atoms. The summed E-state index contributed by atoms with van der Waals surface area (Å²) < 4.78 is 5.41. The van der Waals surface area contributed by atoms with Gasteiger partial charge in [0.1, 0.15) is 12.2 Å². The highest BCUT2D eigenvalue weighted by molar-refractivity contribution is 5.76. The molecule has 2 amide bonds. The standard InChI is InChI=1S/C10H14N2O2/c1-6-4-5-7(9-8(6)14-9)11-10(13)12(2)3/h4-5,8-9H,1-3H3,(H,11,13). The Balaban J connectivity index is 2.03. The predicted molar refractivity (Wildman–Crippen MR) is 52.7 cm³/mol. The van der Waals surface area contributed by atoms with Crippen molar-refractivity contribution in [2.75, 3.05) is 14.1 Å². The summed E-state index contributed by atoms with van der Waals surface area (Å²) in [5, 5.41) is 2.81. The smallest absolute Gasteiger partial charge is 0.321 e. The summed E-state index contributed by atoms with van der Waals surface area (Å²) in [5.74, 6) is 0. The molecule has 1 aliphatic heterocycles. The van der Waals surface area contributed by atoms with Crippen LogP contribution >= 0.6 is 0 Å². The maximum absolute atomic E-state index is 11.4. The zero-order valence-corrected chi connectivity index (χ0v) is 8.57. The molecule has 76 valence electrons. The lowest BCUT2D eigenvalue weighted by molar-refractivity contribution is 0.219. The van der Waals surface area contributed by atoms with E-state index in [1.54, 1.807) is 14.1 Å². The van der Waals surface area contributed by atoms with E-state index >= 15 is 0 Å². The SMILES string of the molecule is CC1=CC=C(NC(=O)N(C)C)C2OC12. The van der Waals surface area contributed by atoms with Gasteiger partial charge in [-0.3, -0.25) is 0 Å². The van der Waals surface area contributed by atoms with E-state index in [-0.39, 0.29) is 18.2 Å². The Morgan fingerprint density at radius 1 is 1.43 bits per heavy atom. The first kappa shape index (κ1) is 9.27. The van der Waals surface area contributed by atoms with Crippen molar-refractivity contribution in [2.24, 2.45) is 0 Å². The second-order valence-electron chi connectivity index (χ2n) is 3.83. The Kier molecular flexibility index (Phi) is 2.07. The molecule has 1 fully saturated rings. The third-order valence-electron chi connectivity index (χ3n) is 2.43. The van der Waals surface area contributed by atoms with E-state index in [9.17, 15) is 4.79 Å². The molecule has 2 unspecified atom stereocenters. The van der Waals surface area contributed by atoms with Crippen molar-refractivity contribution < 1.29 is 9.53 Å². The summed E-state index contributed by atoms with van der Waals surface area (Å²) in [6.07, 6.45) is 4.16. The number of nitrogens with one attached hydrogen (secondary N) is 1. The molecule has 0 aromatic heterocycles. The van der Waals surface area contributed by atoms with Gasteiger partial charge in [0.05, 0.1) is 5.70 Å². The maximum Gasteiger partial charge on any atom is 0.321 e. The van der Waals surface area contributed by atoms with E-state index in [1.165, 1.54) is 10.5 Å². The number of amides is 2. The fourth-order valence-corrected chi connectivity index (χ4v) is 1.45. The van der Waals surface area contributed by atoms with Crippen LogP contribution in [0.3, 0.4) is 0 Å². The van der Waals surface area contributed by atoms with E-state index in [4.69, 9.17) is 4.74 Å². The van der Waals surface area contributed by atoms with Gasteiger partial charge in [-0.1, -0.05) is 6.08 Å². The maximum atomic E-state index is 11.4. The largest absolute Gasteiger partial charge is 0.358 e. The Morgan fingerprint density at radius 3 is 2.79 bits per heavy atom. The molecule has 2 aliphatic rings. The third-order valence-corrected chi connectivity index (χ3v) is 2.43. The van der Waals surface area contributed by atoms with Gasteiger partial charge in [-0.05, 0) is 18.6 Å². The molecule has 2 atom stereocenters. The van der Waals surface area contributed by atoms with Crippen molar-refractivity contribution in [1.82, 2.24) is 10.2 Å². The second-order valence-corrected chi connectivity index (χ2v) is 3.83. The van der Waals surface area contributed by atoms with Crippen molar-refractivity contribution in [1.29, 1.82) is 0 Å². The number of nitrogens with zero attached hydrogens (tertiary/aromatic N) is 1. The zero-order chi connectivity index (χ0) is 10.3. The van der Waals surface area contributed by atoms with Crippen molar-refractivity contribution in [3.05, 3.63) is 23.4 Å². The van der Waals surface area contributed by atoms with Gasteiger partial charge >= 0.3 is 6.03 Å². The van der Waals surface area contributed by atoms with Crippen molar-refractivity contribution >= 4 is 6.03 Å². The minimum absolute atomic E-state index is 0.0731. The molecule has 1 N–H and O–H groups in total. The summed E-state index contributed by atoms with van der Waals surface area (Å²) in [6, 6.07) is -0.113. The Bertz CT molecular complexity index is 331. The number of carbonyl (C=O) groups excluding carboxylic acids is 1. The van der Waals surface area contributed by atoms with Crippen molar-refractivity contribution in [2.45, 2.75) is 19.1 Å². The summed E-state index contributed by atoms with van der Waals surface area (Å²) in [6.45, 7) is 2.03. The minimum atomic E-state index is -0.113. The summed E-state index contributed by atoms with van der Waals surface area (Å²) in [4.78, 5) is 12.9. The normalized spacial score (nSPS) is 28.5. The van der Waals surface area contributed by atoms with E-state index in [2.05, 4.69) is 5.32 Å². The summed E-state index contributed by atoms with van der Waals surface area (Å²) in [5.41, 5.74) is 2.08. The van der Waals surface area contributed by atoms with Crippen LogP contribution < -0.4 is 5.32 Å². The molecule has 1 aliphatic carbocycles. The number of hydrogen-bond donors (Lipinski definition) is 1. The molecule has 0 spiro atoms. The van der Waals surface area contributed by atoms with Gasteiger partial charge in [0, 0.05) is 14.1 Å². The molecule has 4 heteroatoms. The topological polar surface area (TPSA) is 44.9 Å². The minimum Gasteiger partial charge on any atom is -0.358 e. The Labute approximate surface area is 83.2 Å². The van der Waals surface area contributed by atoms with E-state index in [1.807, 2.05) is 19.1 Å². The highest BCUT2D eigenvalue weighted by atomic mass is 16.6. The number of allylic oxidation sites excluding steroid dienone is 2. The van der Waals surface area contributed by atoms with Crippen LogP contribution in [-0.2, 0) is 4.74 Å². The number of carbonyl (C=O) groups is 1. The number of rotatable bonds is 1. The number of fused-ring (bicyclic) bond motifs is 1. The van der Waals surface area contributed by atoms with Crippen LogP contribution in [-0.4, -0.2) is 37.2 Å². The Morgan fingerprint density at radius 2 is 2.14 bits per heavy atom. The van der Waals surface area contributed by atoms with Crippen LogP contribution in [0.4, 0.5) is 4.79 Å². The van der Waals surface area contributed by atoms with Gasteiger partial charge in [0.2, 0.25) is 0 Å². The van der Waals surface area contributed by atoms with Crippen molar-refractivity contribution in [3.63, 3.8) is 0 Å². The molecule has 14 heavy (non-hydrogen) atoms. The van der Waals surface area contributed by atoms with Gasteiger partial charge in [0.25, 0.3) is 0 Å². The number of ether oxygens (including phenoxy) is 1. The molecule has 0 radical (unpaired) electrons. The lowest BCUT2D eigenvalue weighted by Gasteiger charge is -2.14. The number of hydrogen-bond acceptors (Lipinski definition) is 2. The average Bonchev–Trinajstić information content (AvgIpc) is 2.89. The zero-order valence-electron chi connectivity index (χ0n) is 8.57. The van der Waals surface area contributed by atoms with Crippen LogP contribution in [0.2, 0.25) is 0 Å². The van der Waals surface area contributed by atoms with Gasteiger partial charge in [-0.2, -0.15) is 0 Å². The van der Waals surface area contributed by atoms with Crippen LogP contribution in [0.1, 0.15) is 6.92 Å². The predicted octanol–water partition coefficient (Wildman–Crippen LogP) is 0.869. The monoisotopic (exact) mass is 194 g/mol. The van der Waals surface area contributed by atoms with Crippen LogP contribution in [0.15, 0.2) is 23.4 Å². The molecule has 4 nitrogen and oxygen atoms in total. The van der Waals surface area contributed by atoms with Gasteiger partial charge in [-0.15, -0.1) is 0 Å².